The predicted octanol–water partition coefficient (Wildman–Crippen LogP) is 5.55. The molecule has 0 aliphatic rings. The lowest BCUT2D eigenvalue weighted by molar-refractivity contribution is -0.385. The number of nitro groups is 1. The number of hydrogen-bond donors (Lipinski definition) is 0. The van der Waals surface area contributed by atoms with E-state index in [1.54, 1.807) is 13.0 Å². The smallest absolute Gasteiger partial charge is 0.272 e. The molecule has 0 N–H and O–H groups in total. The minimum absolute atomic E-state index is 0.113. The molecule has 24 heavy (non-hydrogen) atoms. The van der Waals surface area contributed by atoms with Crippen LogP contribution in [0.3, 0.4) is 0 Å². The molecule has 2 aromatic rings. The molecule has 0 saturated heterocycles. The van der Waals surface area contributed by atoms with Crippen LogP contribution in [0.2, 0.25) is 0 Å². The highest BCUT2D eigenvalue weighted by Crippen LogP contribution is 2.31. The van der Waals surface area contributed by atoms with Gasteiger partial charge in [0.2, 0.25) is 0 Å². The zero-order valence-electron chi connectivity index (χ0n) is 15.0. The molecule has 0 aromatic heterocycles. The molecular weight excluding hydrogens is 302 g/mol. The normalized spacial score (nSPS) is 12.2. The fraction of sp³-hybridized carbons (Fsp3) is 0.400. The molecule has 4 heteroatoms. The molecule has 1 atom stereocenters. The van der Waals surface area contributed by atoms with E-state index in [1.807, 2.05) is 13.8 Å². The van der Waals surface area contributed by atoms with Crippen molar-refractivity contribution >= 4 is 5.69 Å². The van der Waals surface area contributed by atoms with Crippen molar-refractivity contribution in [1.82, 2.24) is 0 Å². The van der Waals surface area contributed by atoms with Gasteiger partial charge in [-0.15, -0.1) is 0 Å². The van der Waals surface area contributed by atoms with Gasteiger partial charge in [-0.2, -0.15) is 0 Å². The lowest BCUT2D eigenvalue weighted by atomic mass is 10.0. The van der Waals surface area contributed by atoms with Crippen molar-refractivity contribution in [3.8, 4) is 5.75 Å². The van der Waals surface area contributed by atoms with E-state index in [0.717, 1.165) is 17.5 Å². The summed E-state index contributed by atoms with van der Waals surface area (Å²) in [5.74, 6) is 1.33. The van der Waals surface area contributed by atoms with Crippen LogP contribution in [0.25, 0.3) is 0 Å². The lowest BCUT2D eigenvalue weighted by Crippen LogP contribution is -2.06. The molecule has 128 valence electrons. The first-order chi connectivity index (χ1) is 11.3. The van der Waals surface area contributed by atoms with Gasteiger partial charge in [-0.1, -0.05) is 38.1 Å². The van der Waals surface area contributed by atoms with Crippen molar-refractivity contribution in [2.24, 2.45) is 5.92 Å². The summed E-state index contributed by atoms with van der Waals surface area (Å²) < 4.78 is 6.05. The molecule has 0 amide bonds. The van der Waals surface area contributed by atoms with Gasteiger partial charge < -0.3 is 4.74 Å². The van der Waals surface area contributed by atoms with E-state index >= 15 is 0 Å². The molecule has 0 aliphatic heterocycles. The lowest BCUT2D eigenvalue weighted by Gasteiger charge is -2.18. The quantitative estimate of drug-likeness (QED) is 0.516. The van der Waals surface area contributed by atoms with E-state index in [1.165, 1.54) is 11.6 Å². The van der Waals surface area contributed by atoms with E-state index in [-0.39, 0.29) is 16.7 Å². The average Bonchev–Trinajstić information content (AvgIpc) is 2.51. The van der Waals surface area contributed by atoms with Gasteiger partial charge in [-0.25, -0.2) is 0 Å². The molecule has 2 rings (SSSR count). The topological polar surface area (TPSA) is 52.4 Å². The first kappa shape index (κ1) is 18.0. The molecular formula is C20H25NO3. The molecule has 0 heterocycles. The Kier molecular flexibility index (Phi) is 5.60. The van der Waals surface area contributed by atoms with Crippen LogP contribution in [0.5, 0.6) is 5.75 Å². The van der Waals surface area contributed by atoms with Crippen LogP contribution in [0.1, 0.15) is 49.1 Å². The first-order valence-electron chi connectivity index (χ1n) is 8.29. The molecule has 0 spiro atoms. The Hall–Kier alpha value is -2.36. The summed E-state index contributed by atoms with van der Waals surface area (Å²) in [4.78, 5) is 10.6. The predicted molar refractivity (Wildman–Crippen MR) is 96.6 cm³/mol. The maximum Gasteiger partial charge on any atom is 0.272 e. The monoisotopic (exact) mass is 327 g/mol. The Labute approximate surface area is 143 Å². The maximum absolute atomic E-state index is 11.0. The number of hydrogen-bond acceptors (Lipinski definition) is 3. The Morgan fingerprint density at radius 1 is 1.00 bits per heavy atom. The third-order valence-corrected chi connectivity index (χ3v) is 4.30. The maximum atomic E-state index is 11.0. The van der Waals surface area contributed by atoms with Crippen molar-refractivity contribution < 1.29 is 9.66 Å². The fourth-order valence-electron chi connectivity index (χ4n) is 2.76. The van der Waals surface area contributed by atoms with Gasteiger partial charge in [0.15, 0.2) is 0 Å². The van der Waals surface area contributed by atoms with Gasteiger partial charge in [0.1, 0.15) is 11.9 Å². The molecule has 2 aromatic carbocycles. The molecule has 0 bridgehead atoms. The molecule has 0 aliphatic carbocycles. The summed E-state index contributed by atoms with van der Waals surface area (Å²) in [5, 5.41) is 11.0. The average molecular weight is 327 g/mol. The van der Waals surface area contributed by atoms with Crippen molar-refractivity contribution in [2.45, 2.75) is 47.1 Å². The second-order valence-corrected chi connectivity index (χ2v) is 6.69. The Morgan fingerprint density at radius 3 is 2.17 bits per heavy atom. The van der Waals surface area contributed by atoms with Crippen LogP contribution in [-0.2, 0) is 6.42 Å². The Morgan fingerprint density at radius 2 is 1.62 bits per heavy atom. The summed E-state index contributed by atoms with van der Waals surface area (Å²) in [7, 11) is 0. The van der Waals surface area contributed by atoms with Crippen molar-refractivity contribution in [3.63, 3.8) is 0 Å². The van der Waals surface area contributed by atoms with E-state index < -0.39 is 0 Å². The molecule has 4 nitrogen and oxygen atoms in total. The Bertz CT molecular complexity index is 720. The van der Waals surface area contributed by atoms with Gasteiger partial charge in [-0.05, 0) is 50.3 Å². The summed E-state index contributed by atoms with van der Waals surface area (Å²) >= 11 is 0. The van der Waals surface area contributed by atoms with Crippen LogP contribution in [0.4, 0.5) is 5.69 Å². The second kappa shape index (κ2) is 7.47. The van der Waals surface area contributed by atoms with Crippen molar-refractivity contribution in [2.75, 3.05) is 0 Å². The third-order valence-electron chi connectivity index (χ3n) is 4.30. The van der Waals surface area contributed by atoms with E-state index in [0.29, 0.717) is 17.2 Å². The summed E-state index contributed by atoms with van der Waals surface area (Å²) in [6, 6.07) is 11.7. The van der Waals surface area contributed by atoms with Gasteiger partial charge in [0.05, 0.1) is 4.92 Å². The molecule has 0 saturated carbocycles. The minimum atomic E-state index is -0.358. The summed E-state index contributed by atoms with van der Waals surface area (Å²) in [6.45, 7) is 10.0. The van der Waals surface area contributed by atoms with Crippen LogP contribution >= 0.6 is 0 Å². The number of ether oxygens (including phenoxy) is 1. The standard InChI is InChI=1S/C20H25NO3/c1-13(2)12-17-6-8-18(9-7-17)16(5)24-20-11-10-19(21(22)23)14(3)15(20)4/h6-11,13,16H,12H2,1-5H3. The second-order valence-electron chi connectivity index (χ2n) is 6.69. The van der Waals surface area contributed by atoms with Gasteiger partial charge in [0.25, 0.3) is 5.69 Å². The minimum Gasteiger partial charge on any atom is -0.486 e. The summed E-state index contributed by atoms with van der Waals surface area (Å²) in [5.41, 5.74) is 4.01. The number of rotatable bonds is 6. The van der Waals surface area contributed by atoms with Crippen LogP contribution < -0.4 is 4.74 Å². The molecule has 0 fully saturated rings. The largest absolute Gasteiger partial charge is 0.486 e. The van der Waals surface area contributed by atoms with Crippen molar-refractivity contribution in [1.29, 1.82) is 0 Å². The zero-order valence-corrected chi connectivity index (χ0v) is 15.0. The van der Waals surface area contributed by atoms with Gasteiger partial charge in [-0.3, -0.25) is 10.1 Å². The number of nitro benzene ring substituents is 1. The SMILES string of the molecule is Cc1c(OC(C)c2ccc(CC(C)C)cc2)ccc([N+](=O)[O-])c1C. The number of nitrogens with zero attached hydrogens (tertiary/aromatic N) is 1. The van der Waals surface area contributed by atoms with E-state index in [4.69, 9.17) is 4.74 Å². The van der Waals surface area contributed by atoms with Crippen LogP contribution in [-0.4, -0.2) is 4.92 Å². The third kappa shape index (κ3) is 4.13. The zero-order chi connectivity index (χ0) is 17.9. The van der Waals surface area contributed by atoms with E-state index in [2.05, 4.69) is 38.1 Å². The van der Waals surface area contributed by atoms with Crippen LogP contribution in [0.15, 0.2) is 36.4 Å². The number of benzene rings is 2. The highest BCUT2D eigenvalue weighted by atomic mass is 16.6. The van der Waals surface area contributed by atoms with Gasteiger partial charge >= 0.3 is 0 Å². The first-order valence-corrected chi connectivity index (χ1v) is 8.29. The van der Waals surface area contributed by atoms with Crippen LogP contribution in [0, 0.1) is 29.9 Å². The molecule has 1 unspecified atom stereocenters. The van der Waals surface area contributed by atoms with E-state index in [9.17, 15) is 10.1 Å². The summed E-state index contributed by atoms with van der Waals surface area (Å²) in [6.07, 6.45) is 0.952. The fourth-order valence-corrected chi connectivity index (χ4v) is 2.76. The van der Waals surface area contributed by atoms with Crippen molar-refractivity contribution in [3.05, 3.63) is 68.8 Å². The highest BCUT2D eigenvalue weighted by Gasteiger charge is 2.17. The highest BCUT2D eigenvalue weighted by molar-refractivity contribution is 5.51. The van der Waals surface area contributed by atoms with Gasteiger partial charge in [0, 0.05) is 17.2 Å². The molecule has 0 radical (unpaired) electrons. The Balaban J connectivity index is 2.16.